The Morgan fingerprint density at radius 1 is 1.04 bits per heavy atom. The number of imide groups is 1. The van der Waals surface area contributed by atoms with Crippen molar-refractivity contribution >= 4 is 23.7 Å². The predicted octanol–water partition coefficient (Wildman–Crippen LogP) is 1.41. The van der Waals surface area contributed by atoms with Gasteiger partial charge in [-0.25, -0.2) is 0 Å². The molecule has 7 nitrogen and oxygen atoms in total. The van der Waals surface area contributed by atoms with Gasteiger partial charge in [0.1, 0.15) is 0 Å². The van der Waals surface area contributed by atoms with Crippen molar-refractivity contribution in [3.05, 3.63) is 35.9 Å². The first-order chi connectivity index (χ1) is 13.1. The molecule has 0 bridgehead atoms. The van der Waals surface area contributed by atoms with Gasteiger partial charge in [-0.1, -0.05) is 43.2 Å². The maximum absolute atomic E-state index is 12.3. The fourth-order valence-corrected chi connectivity index (χ4v) is 3.72. The summed E-state index contributed by atoms with van der Waals surface area (Å²) in [4.78, 5) is 49.5. The molecule has 0 spiro atoms. The Bertz CT molecular complexity index is 694. The summed E-state index contributed by atoms with van der Waals surface area (Å²) < 4.78 is 4.94. The lowest BCUT2D eigenvalue weighted by atomic mass is 9.81. The lowest BCUT2D eigenvalue weighted by Gasteiger charge is -2.19. The standard InChI is InChI=1S/C20H24N2O5/c23-17(21-12-14-6-2-1-3-7-14)13-27-18(24)10-11-22-19(25)15-8-4-5-9-16(15)20(22)26/h1-3,6-7,15-16H,4-5,8-13H2,(H,21,23). The van der Waals surface area contributed by atoms with Gasteiger partial charge in [0.05, 0.1) is 18.3 Å². The molecule has 3 amide bonds. The Labute approximate surface area is 158 Å². The van der Waals surface area contributed by atoms with Crippen LogP contribution >= 0.6 is 0 Å². The molecule has 144 valence electrons. The molecule has 2 atom stereocenters. The highest BCUT2D eigenvalue weighted by atomic mass is 16.5. The monoisotopic (exact) mass is 372 g/mol. The Hall–Kier alpha value is -2.70. The van der Waals surface area contributed by atoms with Crippen molar-refractivity contribution in [1.82, 2.24) is 10.2 Å². The van der Waals surface area contributed by atoms with E-state index in [0.29, 0.717) is 6.54 Å². The summed E-state index contributed by atoms with van der Waals surface area (Å²) in [7, 11) is 0. The van der Waals surface area contributed by atoms with E-state index < -0.39 is 11.9 Å². The van der Waals surface area contributed by atoms with Gasteiger partial charge < -0.3 is 10.1 Å². The number of rotatable bonds is 7. The third kappa shape index (κ3) is 4.72. The number of nitrogens with zero attached hydrogens (tertiary/aromatic N) is 1. The van der Waals surface area contributed by atoms with E-state index in [0.717, 1.165) is 31.2 Å². The molecular formula is C20H24N2O5. The number of likely N-dealkylation sites (tertiary alicyclic amines) is 1. The molecule has 1 aliphatic carbocycles. The Kier molecular flexibility index (Phi) is 6.21. The molecule has 2 aliphatic rings. The first-order valence-corrected chi connectivity index (χ1v) is 9.37. The highest BCUT2D eigenvalue weighted by Gasteiger charge is 2.47. The second-order valence-electron chi connectivity index (χ2n) is 7.00. The topological polar surface area (TPSA) is 92.8 Å². The molecule has 1 aliphatic heterocycles. The predicted molar refractivity (Wildman–Crippen MR) is 96.0 cm³/mol. The number of esters is 1. The van der Waals surface area contributed by atoms with E-state index in [1.54, 1.807) is 0 Å². The van der Waals surface area contributed by atoms with Crippen molar-refractivity contribution in [3.8, 4) is 0 Å². The molecule has 1 heterocycles. The van der Waals surface area contributed by atoms with Gasteiger partial charge in [-0.05, 0) is 18.4 Å². The van der Waals surface area contributed by atoms with E-state index in [2.05, 4.69) is 5.32 Å². The zero-order chi connectivity index (χ0) is 19.2. The molecular weight excluding hydrogens is 348 g/mol. The van der Waals surface area contributed by atoms with Crippen LogP contribution in [0.25, 0.3) is 0 Å². The van der Waals surface area contributed by atoms with E-state index >= 15 is 0 Å². The van der Waals surface area contributed by atoms with Crippen molar-refractivity contribution in [2.45, 2.75) is 38.6 Å². The van der Waals surface area contributed by atoms with Crippen LogP contribution < -0.4 is 5.32 Å². The number of carbonyl (C=O) groups is 4. The molecule has 27 heavy (non-hydrogen) atoms. The van der Waals surface area contributed by atoms with Crippen LogP contribution in [0.1, 0.15) is 37.7 Å². The summed E-state index contributed by atoms with van der Waals surface area (Å²) in [5.41, 5.74) is 0.949. The van der Waals surface area contributed by atoms with Crippen LogP contribution in [0.4, 0.5) is 0 Å². The van der Waals surface area contributed by atoms with Crippen LogP contribution in [-0.4, -0.2) is 41.7 Å². The number of fused-ring (bicyclic) bond motifs is 1. The van der Waals surface area contributed by atoms with Crippen molar-refractivity contribution in [3.63, 3.8) is 0 Å². The summed E-state index contributed by atoms with van der Waals surface area (Å²) in [5, 5.41) is 2.66. The molecule has 1 saturated carbocycles. The minimum absolute atomic E-state index is 0.0230. The van der Waals surface area contributed by atoms with Crippen LogP contribution in [0, 0.1) is 11.8 Å². The molecule has 7 heteroatoms. The molecule has 1 saturated heterocycles. The lowest BCUT2D eigenvalue weighted by molar-refractivity contribution is -0.150. The molecule has 1 aromatic rings. The van der Waals surface area contributed by atoms with Crippen LogP contribution in [-0.2, 0) is 30.5 Å². The smallest absolute Gasteiger partial charge is 0.308 e. The normalized spacial score (nSPS) is 21.7. The summed E-state index contributed by atoms with van der Waals surface area (Å²) in [6.45, 7) is 0.00469. The van der Waals surface area contributed by atoms with Gasteiger partial charge in [-0.3, -0.25) is 24.1 Å². The highest BCUT2D eigenvalue weighted by molar-refractivity contribution is 6.05. The van der Waals surface area contributed by atoms with Crippen LogP contribution in [0.3, 0.4) is 0 Å². The molecule has 2 fully saturated rings. The first-order valence-electron chi connectivity index (χ1n) is 9.37. The molecule has 1 aromatic carbocycles. The summed E-state index contributed by atoms with van der Waals surface area (Å²) >= 11 is 0. The minimum Gasteiger partial charge on any atom is -0.456 e. The first kappa shape index (κ1) is 19.1. The van der Waals surface area contributed by atoms with Gasteiger partial charge in [0.2, 0.25) is 11.8 Å². The zero-order valence-corrected chi connectivity index (χ0v) is 15.2. The minimum atomic E-state index is -0.597. The Morgan fingerprint density at radius 2 is 1.67 bits per heavy atom. The van der Waals surface area contributed by atoms with Gasteiger partial charge in [-0.2, -0.15) is 0 Å². The van der Waals surface area contributed by atoms with Crippen LogP contribution in [0.5, 0.6) is 0 Å². The number of amides is 3. The van der Waals surface area contributed by atoms with Crippen molar-refractivity contribution in [2.24, 2.45) is 11.8 Å². The average Bonchev–Trinajstić information content (AvgIpc) is 2.94. The van der Waals surface area contributed by atoms with Gasteiger partial charge in [0.15, 0.2) is 6.61 Å². The van der Waals surface area contributed by atoms with Gasteiger partial charge in [0, 0.05) is 13.1 Å². The van der Waals surface area contributed by atoms with E-state index in [4.69, 9.17) is 4.74 Å². The highest BCUT2D eigenvalue weighted by Crippen LogP contribution is 2.37. The molecule has 1 N–H and O–H groups in total. The van der Waals surface area contributed by atoms with Crippen LogP contribution in [0.2, 0.25) is 0 Å². The fourth-order valence-electron chi connectivity index (χ4n) is 3.72. The second kappa shape index (κ2) is 8.79. The summed E-state index contributed by atoms with van der Waals surface area (Å²) in [6, 6.07) is 9.40. The number of benzene rings is 1. The number of ether oxygens (including phenoxy) is 1. The third-order valence-corrected chi connectivity index (χ3v) is 5.17. The van der Waals surface area contributed by atoms with E-state index in [1.165, 1.54) is 4.90 Å². The maximum atomic E-state index is 12.3. The van der Waals surface area contributed by atoms with Crippen molar-refractivity contribution in [2.75, 3.05) is 13.2 Å². The fraction of sp³-hybridized carbons (Fsp3) is 0.500. The molecule has 0 radical (unpaired) electrons. The second-order valence-corrected chi connectivity index (χ2v) is 7.00. The maximum Gasteiger partial charge on any atom is 0.308 e. The van der Waals surface area contributed by atoms with Gasteiger partial charge in [0.25, 0.3) is 5.91 Å². The summed E-state index contributed by atoms with van der Waals surface area (Å²) in [6.07, 6.45) is 3.33. The molecule has 0 aromatic heterocycles. The number of hydrogen-bond acceptors (Lipinski definition) is 5. The Morgan fingerprint density at radius 3 is 2.30 bits per heavy atom. The lowest BCUT2D eigenvalue weighted by Crippen LogP contribution is -2.34. The summed E-state index contributed by atoms with van der Waals surface area (Å²) in [5.74, 6) is -1.76. The van der Waals surface area contributed by atoms with E-state index in [-0.39, 0.29) is 43.2 Å². The molecule has 2 unspecified atom stereocenters. The Balaban J connectivity index is 1.37. The average molecular weight is 372 g/mol. The van der Waals surface area contributed by atoms with Crippen LogP contribution in [0.15, 0.2) is 30.3 Å². The number of nitrogens with one attached hydrogen (secondary N) is 1. The van der Waals surface area contributed by atoms with E-state index in [9.17, 15) is 19.2 Å². The zero-order valence-electron chi connectivity index (χ0n) is 15.2. The number of carbonyl (C=O) groups excluding carboxylic acids is 4. The van der Waals surface area contributed by atoms with E-state index in [1.807, 2.05) is 30.3 Å². The largest absolute Gasteiger partial charge is 0.456 e. The van der Waals surface area contributed by atoms with Gasteiger partial charge in [-0.15, -0.1) is 0 Å². The number of hydrogen-bond donors (Lipinski definition) is 1. The van der Waals surface area contributed by atoms with Gasteiger partial charge >= 0.3 is 5.97 Å². The third-order valence-electron chi connectivity index (χ3n) is 5.17. The van der Waals surface area contributed by atoms with Crippen molar-refractivity contribution < 1.29 is 23.9 Å². The molecule has 3 rings (SSSR count). The van der Waals surface area contributed by atoms with Crippen molar-refractivity contribution in [1.29, 1.82) is 0 Å². The SMILES string of the molecule is O=C(COC(=O)CCN1C(=O)C2CCCCC2C1=O)NCc1ccccc1. The quantitative estimate of drug-likeness (QED) is 0.577.